The second-order valence-electron chi connectivity index (χ2n) is 6.54. The van der Waals surface area contributed by atoms with E-state index in [-0.39, 0.29) is 11.4 Å². The summed E-state index contributed by atoms with van der Waals surface area (Å²) in [7, 11) is -3.95. The number of hydrogen-bond donors (Lipinski definition) is 3. The predicted molar refractivity (Wildman–Crippen MR) is 109 cm³/mol. The van der Waals surface area contributed by atoms with E-state index in [0.29, 0.717) is 12.0 Å². The third kappa shape index (κ3) is 7.22. The summed E-state index contributed by atoms with van der Waals surface area (Å²) < 4.78 is 32.0. The molecule has 1 unspecified atom stereocenters. The van der Waals surface area contributed by atoms with Crippen LogP contribution in [0, 0.1) is 11.3 Å². The second-order valence-corrected chi connectivity index (χ2v) is 8.27. The molecule has 1 saturated heterocycles. The zero-order valence-electron chi connectivity index (χ0n) is 16.1. The van der Waals surface area contributed by atoms with Gasteiger partial charge in [0.1, 0.15) is 6.07 Å². The van der Waals surface area contributed by atoms with Gasteiger partial charge in [0.2, 0.25) is 0 Å². The molecule has 1 fully saturated rings. The smallest absolute Gasteiger partial charge is 0.250 e. The molecule has 0 aliphatic carbocycles. The van der Waals surface area contributed by atoms with Gasteiger partial charge in [-0.2, -0.15) is 5.26 Å². The molecule has 3 N–H and O–H groups in total. The first-order valence-corrected chi connectivity index (χ1v) is 10.9. The number of nitrogens with one attached hydrogen (secondary N) is 2. The second kappa shape index (κ2) is 11.1. The number of sulfonamides is 1. The van der Waals surface area contributed by atoms with Crippen LogP contribution >= 0.6 is 0 Å². The normalized spacial score (nSPS) is 17.1. The van der Waals surface area contributed by atoms with E-state index in [1.54, 1.807) is 25.1 Å². The Kier molecular flexibility index (Phi) is 8.89. The minimum atomic E-state index is -3.95. The third-order valence-electron chi connectivity index (χ3n) is 4.45. The van der Waals surface area contributed by atoms with E-state index >= 15 is 0 Å². The molecule has 8 nitrogen and oxygen atoms in total. The zero-order chi connectivity index (χ0) is 20.4. The van der Waals surface area contributed by atoms with Gasteiger partial charge in [-0.1, -0.05) is 19.1 Å². The Bertz CT molecular complexity index is 781. The minimum Gasteiger partial charge on any atom is -0.392 e. The molecule has 154 valence electrons. The number of nitrogens with zero attached hydrogens (tertiary/aromatic N) is 2. The van der Waals surface area contributed by atoms with E-state index in [0.717, 1.165) is 45.1 Å². The molecule has 0 saturated carbocycles. The molecule has 0 spiro atoms. The first-order chi connectivity index (χ1) is 13.4. The maximum atomic E-state index is 12.2. The monoisotopic (exact) mass is 408 g/mol. The standard InChI is InChI=1S/C19H28N4O4S/c1-2-18(24)15-22-28(25,26)19(14-20)13-16-3-5-17(6-4-16)21-7-8-23-9-11-27-12-10-23/h3-6,13,18,21-22,24H,2,7-12,15H2,1H3/b19-13+. The summed E-state index contributed by atoms with van der Waals surface area (Å²) in [6, 6.07) is 8.92. The van der Waals surface area contributed by atoms with E-state index in [1.807, 2.05) is 12.1 Å². The van der Waals surface area contributed by atoms with Gasteiger partial charge >= 0.3 is 0 Å². The fourth-order valence-corrected chi connectivity index (χ4v) is 3.61. The zero-order valence-corrected chi connectivity index (χ0v) is 16.9. The topological polar surface area (TPSA) is 115 Å². The molecule has 1 aliphatic heterocycles. The van der Waals surface area contributed by atoms with E-state index in [9.17, 15) is 18.8 Å². The van der Waals surface area contributed by atoms with Crippen LogP contribution in [0.4, 0.5) is 5.69 Å². The molecule has 28 heavy (non-hydrogen) atoms. The molecule has 0 bridgehead atoms. The number of hydrogen-bond acceptors (Lipinski definition) is 7. The molecule has 1 aliphatic rings. The Morgan fingerprint density at radius 2 is 2.04 bits per heavy atom. The van der Waals surface area contributed by atoms with Crippen molar-refractivity contribution in [2.75, 3.05) is 51.3 Å². The Balaban J connectivity index is 1.92. The number of rotatable bonds is 10. The van der Waals surface area contributed by atoms with Crippen LogP contribution in [-0.4, -0.2) is 70.5 Å². The first kappa shape index (κ1) is 22.3. The van der Waals surface area contributed by atoms with Gasteiger partial charge in [0.25, 0.3) is 10.0 Å². The van der Waals surface area contributed by atoms with Gasteiger partial charge in [0.15, 0.2) is 4.91 Å². The van der Waals surface area contributed by atoms with Crippen LogP contribution in [-0.2, 0) is 14.8 Å². The van der Waals surface area contributed by atoms with Gasteiger partial charge in [0.05, 0.1) is 19.3 Å². The summed E-state index contributed by atoms with van der Waals surface area (Å²) in [6.07, 6.45) is 0.962. The highest BCUT2D eigenvalue weighted by Crippen LogP contribution is 2.15. The van der Waals surface area contributed by atoms with E-state index in [2.05, 4.69) is 14.9 Å². The predicted octanol–water partition coefficient (Wildman–Crippen LogP) is 0.985. The van der Waals surface area contributed by atoms with Crippen LogP contribution in [0.1, 0.15) is 18.9 Å². The Morgan fingerprint density at radius 1 is 1.36 bits per heavy atom. The lowest BCUT2D eigenvalue weighted by molar-refractivity contribution is 0.0398. The van der Waals surface area contributed by atoms with Gasteiger partial charge in [-0.15, -0.1) is 0 Å². The largest absolute Gasteiger partial charge is 0.392 e. The number of aliphatic hydroxyl groups excluding tert-OH is 1. The maximum absolute atomic E-state index is 12.2. The van der Waals surface area contributed by atoms with E-state index in [1.165, 1.54) is 6.08 Å². The first-order valence-electron chi connectivity index (χ1n) is 9.38. The number of allylic oxidation sites excluding steroid dienone is 1. The molecule has 0 radical (unpaired) electrons. The van der Waals surface area contributed by atoms with Crippen LogP contribution in [0.2, 0.25) is 0 Å². The summed E-state index contributed by atoms with van der Waals surface area (Å²) in [5, 5.41) is 22.0. The van der Waals surface area contributed by atoms with Crippen molar-refractivity contribution < 1.29 is 18.3 Å². The molecule has 0 aromatic heterocycles. The molecule has 1 atom stereocenters. The van der Waals surface area contributed by atoms with Crippen molar-refractivity contribution in [2.24, 2.45) is 0 Å². The highest BCUT2D eigenvalue weighted by molar-refractivity contribution is 7.93. The van der Waals surface area contributed by atoms with Crippen molar-refractivity contribution in [3.05, 3.63) is 34.7 Å². The average Bonchev–Trinajstić information content (AvgIpc) is 2.72. The molecule has 2 rings (SSSR count). The van der Waals surface area contributed by atoms with Gasteiger partial charge < -0.3 is 15.2 Å². The van der Waals surface area contributed by atoms with Crippen molar-refractivity contribution >= 4 is 21.8 Å². The molecular weight excluding hydrogens is 380 g/mol. The lowest BCUT2D eigenvalue weighted by Gasteiger charge is -2.26. The Morgan fingerprint density at radius 3 is 2.64 bits per heavy atom. The molecule has 0 amide bonds. The summed E-state index contributed by atoms with van der Waals surface area (Å²) in [5.74, 6) is 0. The van der Waals surface area contributed by atoms with Crippen LogP contribution < -0.4 is 10.0 Å². The Labute approximate surface area is 166 Å². The summed E-state index contributed by atoms with van der Waals surface area (Å²) in [6.45, 7) is 6.79. The molecule has 1 aromatic carbocycles. The van der Waals surface area contributed by atoms with Crippen molar-refractivity contribution in [1.29, 1.82) is 5.26 Å². The lowest BCUT2D eigenvalue weighted by atomic mass is 10.2. The molecule has 1 heterocycles. The summed E-state index contributed by atoms with van der Waals surface area (Å²) >= 11 is 0. The number of anilines is 1. The fourth-order valence-electron chi connectivity index (χ4n) is 2.63. The molecule has 9 heteroatoms. The van der Waals surface area contributed by atoms with Crippen molar-refractivity contribution in [3.63, 3.8) is 0 Å². The van der Waals surface area contributed by atoms with Crippen molar-refractivity contribution in [2.45, 2.75) is 19.4 Å². The highest BCUT2D eigenvalue weighted by atomic mass is 32.2. The number of ether oxygens (including phenoxy) is 1. The molecular formula is C19H28N4O4S. The van der Waals surface area contributed by atoms with E-state index in [4.69, 9.17) is 4.74 Å². The fraction of sp³-hybridized carbons (Fsp3) is 0.526. The van der Waals surface area contributed by atoms with E-state index < -0.39 is 16.1 Å². The van der Waals surface area contributed by atoms with Gasteiger partial charge in [0, 0.05) is 38.4 Å². The van der Waals surface area contributed by atoms with Crippen LogP contribution in [0.15, 0.2) is 29.2 Å². The summed E-state index contributed by atoms with van der Waals surface area (Å²) in [4.78, 5) is 1.95. The number of morpholine rings is 1. The summed E-state index contributed by atoms with van der Waals surface area (Å²) in [5.41, 5.74) is 1.53. The SMILES string of the molecule is CCC(O)CNS(=O)(=O)/C(C#N)=C/c1ccc(NCCN2CCOCC2)cc1. The highest BCUT2D eigenvalue weighted by Gasteiger charge is 2.18. The van der Waals surface area contributed by atoms with Crippen LogP contribution in [0.5, 0.6) is 0 Å². The van der Waals surface area contributed by atoms with Crippen LogP contribution in [0.25, 0.3) is 6.08 Å². The molecule has 1 aromatic rings. The minimum absolute atomic E-state index is 0.121. The number of benzene rings is 1. The Hall–Kier alpha value is -1.96. The van der Waals surface area contributed by atoms with Crippen molar-refractivity contribution in [3.8, 4) is 6.07 Å². The number of aliphatic hydroxyl groups is 1. The number of nitriles is 1. The van der Waals surface area contributed by atoms with Crippen LogP contribution in [0.3, 0.4) is 0 Å². The van der Waals surface area contributed by atoms with Crippen molar-refractivity contribution in [1.82, 2.24) is 9.62 Å². The third-order valence-corrected chi connectivity index (χ3v) is 5.78. The van der Waals surface area contributed by atoms with Gasteiger partial charge in [-0.3, -0.25) is 4.90 Å². The van der Waals surface area contributed by atoms with Gasteiger partial charge in [-0.25, -0.2) is 13.1 Å². The maximum Gasteiger partial charge on any atom is 0.250 e. The average molecular weight is 409 g/mol. The lowest BCUT2D eigenvalue weighted by Crippen LogP contribution is -2.38. The van der Waals surface area contributed by atoms with Gasteiger partial charge in [-0.05, 0) is 30.2 Å². The quantitative estimate of drug-likeness (QED) is 0.495.